The number of ketones is 1. The number of nitrogens with one attached hydrogen (secondary N) is 1. The summed E-state index contributed by atoms with van der Waals surface area (Å²) >= 11 is 3.46. The van der Waals surface area contributed by atoms with Crippen LogP contribution >= 0.6 is 15.9 Å². The lowest BCUT2D eigenvalue weighted by Crippen LogP contribution is -2.18. The van der Waals surface area contributed by atoms with Crippen molar-refractivity contribution in [2.24, 2.45) is 0 Å². The van der Waals surface area contributed by atoms with Gasteiger partial charge in [-0.25, -0.2) is 0 Å². The molecule has 1 aromatic heterocycles. The smallest absolute Gasteiger partial charge is 0.269 e. The molecule has 152 valence electrons. The second-order valence-electron chi connectivity index (χ2n) is 6.81. The van der Waals surface area contributed by atoms with Crippen molar-refractivity contribution >= 4 is 44.4 Å². The van der Waals surface area contributed by atoms with Crippen LogP contribution in [0.5, 0.6) is 0 Å². The quantitative estimate of drug-likeness (QED) is 0.172. The molecule has 7 heteroatoms. The van der Waals surface area contributed by atoms with E-state index in [1.807, 2.05) is 42.5 Å². The third kappa shape index (κ3) is 4.22. The summed E-state index contributed by atoms with van der Waals surface area (Å²) in [5.74, 6) is -0.458. The van der Waals surface area contributed by atoms with Crippen LogP contribution < -0.4 is 5.56 Å². The fourth-order valence-electron chi connectivity index (χ4n) is 3.37. The summed E-state index contributed by atoms with van der Waals surface area (Å²) in [6.07, 6.45) is 2.84. The van der Waals surface area contributed by atoms with E-state index in [-0.39, 0.29) is 11.3 Å². The zero-order valence-electron chi connectivity index (χ0n) is 16.0. The van der Waals surface area contributed by atoms with Crippen molar-refractivity contribution in [2.45, 2.75) is 0 Å². The van der Waals surface area contributed by atoms with Crippen molar-refractivity contribution in [3.05, 3.63) is 115 Å². The Morgan fingerprint density at radius 3 is 2.39 bits per heavy atom. The molecule has 0 saturated heterocycles. The Morgan fingerprint density at radius 2 is 1.71 bits per heavy atom. The molecule has 0 fully saturated rings. The number of nitro groups is 1. The Labute approximate surface area is 185 Å². The lowest BCUT2D eigenvalue weighted by atomic mass is 9.94. The summed E-state index contributed by atoms with van der Waals surface area (Å²) in [4.78, 5) is 39.1. The Kier molecular flexibility index (Phi) is 5.60. The van der Waals surface area contributed by atoms with E-state index in [2.05, 4.69) is 20.9 Å². The molecule has 4 rings (SSSR count). The van der Waals surface area contributed by atoms with E-state index in [0.29, 0.717) is 16.6 Å². The molecule has 0 amide bonds. The summed E-state index contributed by atoms with van der Waals surface area (Å²) < 4.78 is 0.823. The van der Waals surface area contributed by atoms with Crippen molar-refractivity contribution in [1.29, 1.82) is 0 Å². The number of benzene rings is 3. The number of carbonyl (C=O) groups is 1. The number of hydrogen-bond acceptors (Lipinski definition) is 4. The number of hydrogen-bond donors (Lipinski definition) is 1. The van der Waals surface area contributed by atoms with Crippen molar-refractivity contribution in [3.8, 4) is 11.1 Å². The number of pyridine rings is 1. The molecule has 0 aliphatic carbocycles. The second-order valence-corrected chi connectivity index (χ2v) is 7.72. The highest BCUT2D eigenvalue weighted by Gasteiger charge is 2.19. The number of H-pyrrole nitrogens is 1. The summed E-state index contributed by atoms with van der Waals surface area (Å²) in [7, 11) is 0. The molecule has 31 heavy (non-hydrogen) atoms. The molecule has 0 aliphatic heterocycles. The van der Waals surface area contributed by atoms with Gasteiger partial charge < -0.3 is 4.98 Å². The van der Waals surface area contributed by atoms with Gasteiger partial charge in [0.15, 0.2) is 5.78 Å². The number of fused-ring (bicyclic) bond motifs is 1. The molecule has 6 nitrogen and oxygen atoms in total. The highest BCUT2D eigenvalue weighted by Crippen LogP contribution is 2.31. The van der Waals surface area contributed by atoms with Crippen molar-refractivity contribution in [1.82, 2.24) is 4.98 Å². The number of rotatable bonds is 5. The van der Waals surface area contributed by atoms with E-state index in [1.165, 1.54) is 24.3 Å². The molecule has 1 N–H and O–H groups in total. The maximum Gasteiger partial charge on any atom is 0.269 e. The van der Waals surface area contributed by atoms with Crippen molar-refractivity contribution < 1.29 is 9.72 Å². The van der Waals surface area contributed by atoms with E-state index in [4.69, 9.17) is 0 Å². The Morgan fingerprint density at radius 1 is 1.00 bits per heavy atom. The van der Waals surface area contributed by atoms with Crippen LogP contribution in [-0.2, 0) is 0 Å². The number of non-ortho nitro benzene ring substituents is 1. The first-order valence-corrected chi connectivity index (χ1v) is 10.1. The number of aromatic amines is 1. The molecule has 0 radical (unpaired) electrons. The molecule has 0 saturated carbocycles. The Hall–Kier alpha value is -3.84. The SMILES string of the molecule is O=C(C=Cc1ccc([N+](=O)[O-])cc1)c1c(-c2ccccc2)c2cc(Br)ccc2[nH]c1=O. The number of carbonyl (C=O) groups excluding carboxylic acids is 1. The third-order valence-electron chi connectivity index (χ3n) is 4.82. The van der Waals surface area contributed by atoms with E-state index < -0.39 is 16.3 Å². The van der Waals surface area contributed by atoms with Crippen LogP contribution in [-0.4, -0.2) is 15.7 Å². The van der Waals surface area contributed by atoms with E-state index in [9.17, 15) is 19.7 Å². The number of aromatic nitrogens is 1. The molecule has 4 aromatic rings. The first-order valence-electron chi connectivity index (χ1n) is 9.32. The van der Waals surface area contributed by atoms with Crippen LogP contribution in [0.1, 0.15) is 15.9 Å². The number of halogens is 1. The molecule has 0 aliphatic rings. The number of nitrogens with zero attached hydrogens (tertiary/aromatic N) is 1. The van der Waals surface area contributed by atoms with E-state index in [1.54, 1.807) is 18.2 Å². The van der Waals surface area contributed by atoms with Crippen LogP contribution in [0.15, 0.2) is 88.1 Å². The van der Waals surface area contributed by atoms with Gasteiger partial charge in [0.05, 0.1) is 10.5 Å². The fraction of sp³-hybridized carbons (Fsp3) is 0. The molecule has 0 unspecified atom stereocenters. The van der Waals surface area contributed by atoms with Gasteiger partial charge in [-0.3, -0.25) is 19.7 Å². The minimum absolute atomic E-state index is 0.0357. The van der Waals surface area contributed by atoms with Crippen LogP contribution in [0.4, 0.5) is 5.69 Å². The van der Waals surface area contributed by atoms with E-state index in [0.717, 1.165) is 15.4 Å². The summed E-state index contributed by atoms with van der Waals surface area (Å²) in [6, 6.07) is 20.6. The molecule has 0 atom stereocenters. The van der Waals surface area contributed by atoms with Crippen molar-refractivity contribution in [2.75, 3.05) is 0 Å². The average Bonchev–Trinajstić information content (AvgIpc) is 2.77. The molecule has 0 bridgehead atoms. The maximum atomic E-state index is 13.1. The van der Waals surface area contributed by atoms with Gasteiger partial charge in [0.2, 0.25) is 0 Å². The van der Waals surface area contributed by atoms with Crippen molar-refractivity contribution in [3.63, 3.8) is 0 Å². The van der Waals surface area contributed by atoms with Gasteiger partial charge in [0.25, 0.3) is 11.2 Å². The predicted octanol–water partition coefficient (Wildman–Crippen LogP) is 5.76. The van der Waals surface area contributed by atoms with Gasteiger partial charge in [-0.2, -0.15) is 0 Å². The topological polar surface area (TPSA) is 93.1 Å². The number of allylic oxidation sites excluding steroid dienone is 1. The van der Waals surface area contributed by atoms with Crippen LogP contribution in [0.25, 0.3) is 28.1 Å². The lowest BCUT2D eigenvalue weighted by molar-refractivity contribution is -0.384. The standard InChI is InChI=1S/C24H15BrN2O4/c25-17-9-12-20-19(14-17)22(16-4-2-1-3-5-16)23(24(29)26-20)21(28)13-8-15-6-10-18(11-7-15)27(30)31/h1-14H,(H,26,29). The first kappa shape index (κ1) is 20.4. The molecule has 3 aromatic carbocycles. The number of nitro benzene ring substituents is 1. The summed E-state index contributed by atoms with van der Waals surface area (Å²) in [5.41, 5.74) is 2.07. The van der Waals surface area contributed by atoms with Gasteiger partial charge in [0, 0.05) is 33.1 Å². The van der Waals surface area contributed by atoms with Gasteiger partial charge >= 0.3 is 0 Å². The zero-order chi connectivity index (χ0) is 22.0. The minimum Gasteiger partial charge on any atom is -0.321 e. The molecular weight excluding hydrogens is 460 g/mol. The van der Waals surface area contributed by atoms with Crippen LogP contribution in [0, 0.1) is 10.1 Å². The predicted molar refractivity (Wildman–Crippen MR) is 124 cm³/mol. The highest BCUT2D eigenvalue weighted by atomic mass is 79.9. The second kappa shape index (κ2) is 8.49. The van der Waals surface area contributed by atoms with Crippen LogP contribution in [0.3, 0.4) is 0 Å². The first-order chi connectivity index (χ1) is 14.9. The summed E-state index contributed by atoms with van der Waals surface area (Å²) in [6.45, 7) is 0. The maximum absolute atomic E-state index is 13.1. The van der Waals surface area contributed by atoms with Gasteiger partial charge in [0.1, 0.15) is 0 Å². The monoisotopic (exact) mass is 474 g/mol. The van der Waals surface area contributed by atoms with Gasteiger partial charge in [-0.15, -0.1) is 0 Å². The van der Waals surface area contributed by atoms with E-state index >= 15 is 0 Å². The molecule has 0 spiro atoms. The molecular formula is C24H15BrN2O4. The largest absolute Gasteiger partial charge is 0.321 e. The summed E-state index contributed by atoms with van der Waals surface area (Å²) in [5, 5.41) is 11.5. The fourth-order valence-corrected chi connectivity index (χ4v) is 3.73. The average molecular weight is 475 g/mol. The zero-order valence-corrected chi connectivity index (χ0v) is 17.6. The normalized spacial score (nSPS) is 11.1. The van der Waals surface area contributed by atoms with Gasteiger partial charge in [-0.1, -0.05) is 52.3 Å². The van der Waals surface area contributed by atoms with Gasteiger partial charge in [-0.05, 0) is 47.5 Å². The Bertz CT molecular complexity index is 1390. The third-order valence-corrected chi connectivity index (χ3v) is 5.31. The Balaban J connectivity index is 1.84. The highest BCUT2D eigenvalue weighted by molar-refractivity contribution is 9.10. The molecule has 1 heterocycles. The lowest BCUT2D eigenvalue weighted by Gasteiger charge is -2.11. The van der Waals surface area contributed by atoms with Crippen LogP contribution in [0.2, 0.25) is 0 Å². The minimum atomic E-state index is -0.489.